The lowest BCUT2D eigenvalue weighted by molar-refractivity contribution is 0.673. The zero-order valence-corrected chi connectivity index (χ0v) is 12.9. The highest BCUT2D eigenvalue weighted by atomic mass is 79.9. The highest BCUT2D eigenvalue weighted by Gasteiger charge is 2.16. The first kappa shape index (κ1) is 12.8. The molecule has 0 fully saturated rings. The van der Waals surface area contributed by atoms with Crippen molar-refractivity contribution in [2.45, 2.75) is 12.5 Å². The van der Waals surface area contributed by atoms with Crippen LogP contribution in [0.3, 0.4) is 0 Å². The average molecular weight is 336 g/mol. The van der Waals surface area contributed by atoms with Crippen molar-refractivity contribution in [3.63, 3.8) is 0 Å². The molecular formula is C14H14BrN3S. The van der Waals surface area contributed by atoms with Gasteiger partial charge in [-0.3, -0.25) is 0 Å². The summed E-state index contributed by atoms with van der Waals surface area (Å²) in [6.07, 6.45) is 0.740. The number of aromatic nitrogens is 2. The first-order chi connectivity index (χ1) is 9.16. The van der Waals surface area contributed by atoms with E-state index in [0.717, 1.165) is 27.8 Å². The van der Waals surface area contributed by atoms with Crippen LogP contribution in [-0.2, 0) is 13.5 Å². The maximum Gasteiger partial charge on any atom is 0.111 e. The first-order valence-electron chi connectivity index (χ1n) is 6.05. The lowest BCUT2D eigenvalue weighted by Crippen LogP contribution is -2.15. The SMILES string of the molecule is Cn1c(CC(N)c2sccc2Br)nc2ccccc21. The van der Waals surface area contributed by atoms with E-state index in [1.54, 1.807) is 11.3 Å². The second kappa shape index (κ2) is 5.07. The molecule has 0 saturated heterocycles. The number of para-hydroxylation sites is 2. The molecule has 2 aromatic heterocycles. The summed E-state index contributed by atoms with van der Waals surface area (Å²) in [5.41, 5.74) is 8.46. The predicted molar refractivity (Wildman–Crippen MR) is 83.4 cm³/mol. The number of hydrogen-bond donors (Lipinski definition) is 1. The van der Waals surface area contributed by atoms with E-state index in [1.807, 2.05) is 36.7 Å². The fourth-order valence-electron chi connectivity index (χ4n) is 2.24. The molecule has 0 spiro atoms. The van der Waals surface area contributed by atoms with E-state index in [1.165, 1.54) is 4.88 Å². The number of fused-ring (bicyclic) bond motifs is 1. The molecule has 2 N–H and O–H groups in total. The van der Waals surface area contributed by atoms with Crippen LogP contribution in [0, 0.1) is 0 Å². The van der Waals surface area contributed by atoms with Crippen molar-refractivity contribution in [1.82, 2.24) is 9.55 Å². The third-order valence-electron chi connectivity index (χ3n) is 3.26. The Labute approximate surface area is 124 Å². The lowest BCUT2D eigenvalue weighted by Gasteiger charge is -2.10. The van der Waals surface area contributed by atoms with Crippen LogP contribution >= 0.6 is 27.3 Å². The molecule has 0 aliphatic heterocycles. The number of aryl methyl sites for hydroxylation is 1. The minimum Gasteiger partial charge on any atom is -0.331 e. The van der Waals surface area contributed by atoms with Crippen molar-refractivity contribution in [3.8, 4) is 0 Å². The van der Waals surface area contributed by atoms with Gasteiger partial charge in [0.2, 0.25) is 0 Å². The number of nitrogens with two attached hydrogens (primary N) is 1. The summed E-state index contributed by atoms with van der Waals surface area (Å²) < 4.78 is 3.21. The number of benzene rings is 1. The maximum absolute atomic E-state index is 6.29. The van der Waals surface area contributed by atoms with Gasteiger partial charge in [-0.2, -0.15) is 0 Å². The molecule has 0 aliphatic rings. The van der Waals surface area contributed by atoms with Crippen LogP contribution in [0.1, 0.15) is 16.7 Å². The van der Waals surface area contributed by atoms with Crippen LogP contribution in [-0.4, -0.2) is 9.55 Å². The molecule has 3 aromatic rings. The summed E-state index contributed by atoms with van der Waals surface area (Å²) >= 11 is 5.22. The van der Waals surface area contributed by atoms with Crippen molar-refractivity contribution in [2.24, 2.45) is 12.8 Å². The van der Waals surface area contributed by atoms with E-state index >= 15 is 0 Å². The van der Waals surface area contributed by atoms with Gasteiger partial charge < -0.3 is 10.3 Å². The van der Waals surface area contributed by atoms with Crippen LogP contribution < -0.4 is 5.73 Å². The van der Waals surface area contributed by atoms with E-state index in [-0.39, 0.29) is 6.04 Å². The summed E-state index contributed by atoms with van der Waals surface area (Å²) in [5, 5.41) is 2.05. The standard InChI is InChI=1S/C14H14BrN3S/c1-18-12-5-3-2-4-11(12)17-13(18)8-10(16)14-9(15)6-7-19-14/h2-7,10H,8,16H2,1H3. The number of hydrogen-bond acceptors (Lipinski definition) is 3. The maximum atomic E-state index is 6.29. The van der Waals surface area contributed by atoms with Gasteiger partial charge in [-0.15, -0.1) is 11.3 Å². The fraction of sp³-hybridized carbons (Fsp3) is 0.214. The Morgan fingerprint density at radius 2 is 2.16 bits per heavy atom. The van der Waals surface area contributed by atoms with E-state index in [0.29, 0.717) is 0 Å². The van der Waals surface area contributed by atoms with Gasteiger partial charge in [-0.25, -0.2) is 4.98 Å². The Bertz CT molecular complexity index is 716. The lowest BCUT2D eigenvalue weighted by atomic mass is 10.2. The van der Waals surface area contributed by atoms with Gasteiger partial charge in [-0.1, -0.05) is 12.1 Å². The van der Waals surface area contributed by atoms with Gasteiger partial charge >= 0.3 is 0 Å². The van der Waals surface area contributed by atoms with Crippen molar-refractivity contribution in [2.75, 3.05) is 0 Å². The molecule has 19 heavy (non-hydrogen) atoms. The van der Waals surface area contributed by atoms with Crippen LogP contribution in [0.25, 0.3) is 11.0 Å². The molecular weight excluding hydrogens is 322 g/mol. The van der Waals surface area contributed by atoms with Gasteiger partial charge in [0.1, 0.15) is 5.82 Å². The van der Waals surface area contributed by atoms with Crippen LogP contribution in [0.2, 0.25) is 0 Å². The van der Waals surface area contributed by atoms with E-state index < -0.39 is 0 Å². The summed E-state index contributed by atoms with van der Waals surface area (Å²) in [6.45, 7) is 0. The van der Waals surface area contributed by atoms with Crippen LogP contribution in [0.15, 0.2) is 40.2 Å². The molecule has 1 atom stereocenters. The minimum atomic E-state index is -0.0233. The topological polar surface area (TPSA) is 43.8 Å². The normalized spacial score (nSPS) is 13.0. The van der Waals surface area contributed by atoms with Crippen molar-refractivity contribution < 1.29 is 0 Å². The van der Waals surface area contributed by atoms with Gasteiger partial charge in [0.05, 0.1) is 11.0 Å². The van der Waals surface area contributed by atoms with Crippen molar-refractivity contribution >= 4 is 38.3 Å². The quantitative estimate of drug-likeness (QED) is 0.794. The smallest absolute Gasteiger partial charge is 0.111 e. The Morgan fingerprint density at radius 1 is 1.37 bits per heavy atom. The molecule has 0 bridgehead atoms. The van der Waals surface area contributed by atoms with E-state index in [4.69, 9.17) is 5.73 Å². The molecule has 3 rings (SSSR count). The number of halogens is 1. The third kappa shape index (κ3) is 2.33. The first-order valence-corrected chi connectivity index (χ1v) is 7.73. The van der Waals surface area contributed by atoms with Crippen molar-refractivity contribution in [3.05, 3.63) is 50.9 Å². The molecule has 98 valence electrons. The van der Waals surface area contributed by atoms with Gasteiger partial charge in [0.25, 0.3) is 0 Å². The molecule has 0 saturated carbocycles. The average Bonchev–Trinajstić information content (AvgIpc) is 2.95. The molecule has 5 heteroatoms. The van der Waals surface area contributed by atoms with E-state index in [2.05, 4.69) is 31.5 Å². The molecule has 1 aromatic carbocycles. The van der Waals surface area contributed by atoms with Gasteiger partial charge in [0, 0.05) is 28.9 Å². The van der Waals surface area contributed by atoms with Crippen LogP contribution in [0.4, 0.5) is 0 Å². The summed E-state index contributed by atoms with van der Waals surface area (Å²) in [6, 6.07) is 10.2. The number of nitrogens with zero attached hydrogens (tertiary/aromatic N) is 2. The van der Waals surface area contributed by atoms with E-state index in [9.17, 15) is 0 Å². The highest BCUT2D eigenvalue weighted by molar-refractivity contribution is 9.10. The zero-order valence-electron chi connectivity index (χ0n) is 10.5. The molecule has 3 nitrogen and oxygen atoms in total. The summed E-state index contributed by atoms with van der Waals surface area (Å²) in [5.74, 6) is 1.02. The summed E-state index contributed by atoms with van der Waals surface area (Å²) in [4.78, 5) is 5.84. The number of imidazole rings is 1. The molecule has 1 unspecified atom stereocenters. The second-order valence-corrected chi connectivity index (χ2v) is 6.32. The Kier molecular flexibility index (Phi) is 3.43. The number of rotatable bonds is 3. The van der Waals surface area contributed by atoms with Crippen LogP contribution in [0.5, 0.6) is 0 Å². The minimum absolute atomic E-state index is 0.0233. The Hall–Kier alpha value is -1.17. The highest BCUT2D eigenvalue weighted by Crippen LogP contribution is 2.29. The van der Waals surface area contributed by atoms with Gasteiger partial charge in [0.15, 0.2) is 0 Å². The predicted octanol–water partition coefficient (Wildman–Crippen LogP) is 3.64. The molecule has 0 amide bonds. The van der Waals surface area contributed by atoms with Crippen molar-refractivity contribution in [1.29, 1.82) is 0 Å². The molecule has 2 heterocycles. The second-order valence-electron chi connectivity index (χ2n) is 4.52. The Morgan fingerprint density at radius 3 is 2.84 bits per heavy atom. The molecule has 0 aliphatic carbocycles. The monoisotopic (exact) mass is 335 g/mol. The largest absolute Gasteiger partial charge is 0.331 e. The molecule has 0 radical (unpaired) electrons. The number of thiophene rings is 1. The summed E-state index contributed by atoms with van der Waals surface area (Å²) in [7, 11) is 2.04. The third-order valence-corrected chi connectivity index (χ3v) is 5.27. The van der Waals surface area contributed by atoms with Gasteiger partial charge in [-0.05, 0) is 39.5 Å². The fourth-order valence-corrected chi connectivity index (χ4v) is 3.91. The Balaban J connectivity index is 1.93. The zero-order chi connectivity index (χ0) is 13.4.